The van der Waals surface area contributed by atoms with Crippen molar-refractivity contribution < 1.29 is 0 Å². The molecule has 0 aromatic rings. The van der Waals surface area contributed by atoms with E-state index < -0.39 is 0 Å². The van der Waals surface area contributed by atoms with Gasteiger partial charge in [-0.3, -0.25) is 4.99 Å². The zero-order chi connectivity index (χ0) is 10.9. The van der Waals surface area contributed by atoms with Crippen LogP contribution in [0.25, 0.3) is 0 Å². The molecule has 0 amide bonds. The third-order valence-corrected chi connectivity index (χ3v) is 3.08. The molecule has 0 atom stereocenters. The van der Waals surface area contributed by atoms with Crippen LogP contribution in [-0.2, 0) is 0 Å². The summed E-state index contributed by atoms with van der Waals surface area (Å²) in [6, 6.07) is 0. The number of unbranched alkanes of at least 4 members (excludes halogenated alkanes) is 3. The van der Waals surface area contributed by atoms with Gasteiger partial charge in [-0.25, -0.2) is 0 Å². The molecule has 0 aliphatic heterocycles. The Morgan fingerprint density at radius 2 is 2.13 bits per heavy atom. The summed E-state index contributed by atoms with van der Waals surface area (Å²) in [4.78, 5) is 4.35. The van der Waals surface area contributed by atoms with Gasteiger partial charge >= 0.3 is 0 Å². The molecule has 0 aromatic heterocycles. The maximum absolute atomic E-state index is 5.75. The SMILES string of the molecule is CCCCCCNC(N)=NCC1CCC1. The number of guanidine groups is 1. The molecule has 1 aliphatic rings. The lowest BCUT2D eigenvalue weighted by Gasteiger charge is -2.23. The number of nitrogens with one attached hydrogen (secondary N) is 1. The van der Waals surface area contributed by atoms with Crippen molar-refractivity contribution >= 4 is 5.96 Å². The fourth-order valence-corrected chi connectivity index (χ4v) is 1.73. The molecule has 15 heavy (non-hydrogen) atoms. The third kappa shape index (κ3) is 5.65. The molecule has 1 fully saturated rings. The molecular formula is C12H25N3. The summed E-state index contributed by atoms with van der Waals surface area (Å²) in [5.74, 6) is 1.45. The molecule has 0 radical (unpaired) electrons. The van der Waals surface area contributed by atoms with Crippen molar-refractivity contribution in [2.45, 2.75) is 51.9 Å². The Balaban J connectivity index is 1.94. The van der Waals surface area contributed by atoms with E-state index in [0.29, 0.717) is 5.96 Å². The number of hydrogen-bond acceptors (Lipinski definition) is 1. The highest BCUT2D eigenvalue weighted by Crippen LogP contribution is 2.26. The Kier molecular flexibility index (Phi) is 6.21. The zero-order valence-corrected chi connectivity index (χ0v) is 9.97. The van der Waals surface area contributed by atoms with Gasteiger partial charge in [0.2, 0.25) is 0 Å². The van der Waals surface area contributed by atoms with E-state index in [0.717, 1.165) is 19.0 Å². The third-order valence-electron chi connectivity index (χ3n) is 3.08. The Morgan fingerprint density at radius 1 is 1.33 bits per heavy atom. The highest BCUT2D eigenvalue weighted by atomic mass is 15.1. The number of rotatable bonds is 7. The first-order valence-corrected chi connectivity index (χ1v) is 6.36. The summed E-state index contributed by atoms with van der Waals surface area (Å²) < 4.78 is 0. The Bertz CT molecular complexity index is 185. The fourth-order valence-electron chi connectivity index (χ4n) is 1.73. The number of nitrogens with two attached hydrogens (primary N) is 1. The second-order valence-electron chi connectivity index (χ2n) is 4.51. The van der Waals surface area contributed by atoms with Crippen molar-refractivity contribution in [1.29, 1.82) is 0 Å². The van der Waals surface area contributed by atoms with Crippen LogP contribution < -0.4 is 11.1 Å². The minimum atomic E-state index is 0.637. The molecule has 0 unspecified atom stereocenters. The summed E-state index contributed by atoms with van der Waals surface area (Å²) in [5.41, 5.74) is 5.75. The monoisotopic (exact) mass is 211 g/mol. The van der Waals surface area contributed by atoms with Gasteiger partial charge in [0.15, 0.2) is 5.96 Å². The molecule has 3 heteroatoms. The van der Waals surface area contributed by atoms with Crippen molar-refractivity contribution in [3.63, 3.8) is 0 Å². The van der Waals surface area contributed by atoms with Gasteiger partial charge in [-0.05, 0) is 25.2 Å². The zero-order valence-electron chi connectivity index (χ0n) is 9.97. The van der Waals surface area contributed by atoms with Crippen molar-refractivity contribution in [1.82, 2.24) is 5.32 Å². The molecule has 0 spiro atoms. The number of hydrogen-bond donors (Lipinski definition) is 2. The van der Waals surface area contributed by atoms with Crippen molar-refractivity contribution in [3.8, 4) is 0 Å². The van der Waals surface area contributed by atoms with Gasteiger partial charge in [-0.1, -0.05) is 32.6 Å². The first-order valence-electron chi connectivity index (χ1n) is 6.36. The molecule has 1 rings (SSSR count). The standard InChI is InChI=1S/C12H25N3/c1-2-3-4-5-9-14-12(13)15-10-11-7-6-8-11/h11H,2-10H2,1H3,(H3,13,14,15). The van der Waals surface area contributed by atoms with Gasteiger partial charge in [0.25, 0.3) is 0 Å². The van der Waals surface area contributed by atoms with Gasteiger partial charge in [-0.2, -0.15) is 0 Å². The predicted octanol–water partition coefficient (Wildman–Crippen LogP) is 2.27. The van der Waals surface area contributed by atoms with Gasteiger partial charge in [0.05, 0.1) is 0 Å². The molecule has 0 saturated heterocycles. The number of aliphatic imine (C=N–C) groups is 1. The molecule has 3 N–H and O–H groups in total. The van der Waals surface area contributed by atoms with Crippen LogP contribution in [0, 0.1) is 5.92 Å². The summed E-state index contributed by atoms with van der Waals surface area (Å²) in [7, 11) is 0. The first-order chi connectivity index (χ1) is 7.33. The average molecular weight is 211 g/mol. The molecular weight excluding hydrogens is 186 g/mol. The molecule has 0 heterocycles. The van der Waals surface area contributed by atoms with Gasteiger partial charge in [0, 0.05) is 13.1 Å². The lowest BCUT2D eigenvalue weighted by Crippen LogP contribution is -2.33. The van der Waals surface area contributed by atoms with E-state index >= 15 is 0 Å². The lowest BCUT2D eigenvalue weighted by atomic mass is 9.86. The summed E-state index contributed by atoms with van der Waals surface area (Å²) in [6.45, 7) is 4.12. The van der Waals surface area contributed by atoms with E-state index in [1.54, 1.807) is 0 Å². The molecule has 3 nitrogen and oxygen atoms in total. The normalized spacial score (nSPS) is 17.5. The van der Waals surface area contributed by atoms with Gasteiger partial charge in [-0.15, -0.1) is 0 Å². The summed E-state index contributed by atoms with van der Waals surface area (Å²) in [6.07, 6.45) is 9.16. The maximum Gasteiger partial charge on any atom is 0.188 e. The van der Waals surface area contributed by atoms with Crippen LogP contribution in [0.1, 0.15) is 51.9 Å². The van der Waals surface area contributed by atoms with E-state index in [4.69, 9.17) is 5.73 Å². The summed E-state index contributed by atoms with van der Waals surface area (Å²) in [5, 5.41) is 3.17. The fraction of sp³-hybridized carbons (Fsp3) is 0.917. The van der Waals surface area contributed by atoms with Crippen LogP contribution in [0.2, 0.25) is 0 Å². The lowest BCUT2D eigenvalue weighted by molar-refractivity contribution is 0.326. The van der Waals surface area contributed by atoms with Crippen LogP contribution >= 0.6 is 0 Å². The van der Waals surface area contributed by atoms with Crippen LogP contribution in [0.4, 0.5) is 0 Å². The highest BCUT2D eigenvalue weighted by molar-refractivity contribution is 5.77. The van der Waals surface area contributed by atoms with Gasteiger partial charge < -0.3 is 11.1 Å². The quantitative estimate of drug-likeness (QED) is 0.385. The second kappa shape index (κ2) is 7.55. The van der Waals surface area contributed by atoms with Crippen molar-refractivity contribution in [2.24, 2.45) is 16.6 Å². The Labute approximate surface area is 93.5 Å². The maximum atomic E-state index is 5.75. The minimum absolute atomic E-state index is 0.637. The van der Waals surface area contributed by atoms with E-state index in [1.165, 1.54) is 44.9 Å². The molecule has 0 bridgehead atoms. The van der Waals surface area contributed by atoms with E-state index in [9.17, 15) is 0 Å². The first kappa shape index (κ1) is 12.3. The Hall–Kier alpha value is -0.730. The number of nitrogens with zero attached hydrogens (tertiary/aromatic N) is 1. The smallest absolute Gasteiger partial charge is 0.188 e. The van der Waals surface area contributed by atoms with E-state index in [2.05, 4.69) is 17.2 Å². The Morgan fingerprint density at radius 3 is 2.73 bits per heavy atom. The van der Waals surface area contributed by atoms with E-state index in [-0.39, 0.29) is 0 Å². The predicted molar refractivity (Wildman–Crippen MR) is 66.0 cm³/mol. The second-order valence-corrected chi connectivity index (χ2v) is 4.51. The molecule has 1 saturated carbocycles. The topological polar surface area (TPSA) is 50.4 Å². The van der Waals surface area contributed by atoms with Crippen LogP contribution in [-0.4, -0.2) is 19.0 Å². The minimum Gasteiger partial charge on any atom is -0.370 e. The molecule has 0 aromatic carbocycles. The van der Waals surface area contributed by atoms with Crippen molar-refractivity contribution in [3.05, 3.63) is 0 Å². The van der Waals surface area contributed by atoms with Gasteiger partial charge in [0.1, 0.15) is 0 Å². The van der Waals surface area contributed by atoms with Crippen LogP contribution in [0.5, 0.6) is 0 Å². The average Bonchev–Trinajstić information content (AvgIpc) is 2.15. The van der Waals surface area contributed by atoms with Crippen molar-refractivity contribution in [2.75, 3.05) is 13.1 Å². The molecule has 1 aliphatic carbocycles. The highest BCUT2D eigenvalue weighted by Gasteiger charge is 2.16. The molecule has 88 valence electrons. The van der Waals surface area contributed by atoms with Crippen LogP contribution in [0.3, 0.4) is 0 Å². The largest absolute Gasteiger partial charge is 0.370 e. The van der Waals surface area contributed by atoms with Crippen LogP contribution in [0.15, 0.2) is 4.99 Å². The summed E-state index contributed by atoms with van der Waals surface area (Å²) >= 11 is 0. The van der Waals surface area contributed by atoms with E-state index in [1.807, 2.05) is 0 Å².